The fourth-order valence-corrected chi connectivity index (χ4v) is 2.32. The fourth-order valence-electron chi connectivity index (χ4n) is 2.15. The monoisotopic (exact) mass is 281 g/mol. The van der Waals surface area contributed by atoms with Crippen molar-refractivity contribution in [2.75, 3.05) is 5.32 Å². The van der Waals surface area contributed by atoms with Crippen molar-refractivity contribution in [3.63, 3.8) is 0 Å². The summed E-state index contributed by atoms with van der Waals surface area (Å²) >= 11 is 5.92. The second kappa shape index (κ2) is 5.35. The van der Waals surface area contributed by atoms with Crippen molar-refractivity contribution in [1.82, 2.24) is 0 Å². The number of fused-ring (bicyclic) bond motifs is 1. The average Bonchev–Trinajstić information content (AvgIpc) is 2.75. The highest BCUT2D eigenvalue weighted by Crippen LogP contribution is 2.33. The van der Waals surface area contributed by atoms with Crippen LogP contribution >= 0.6 is 11.6 Å². The first-order valence-corrected chi connectivity index (χ1v) is 6.66. The van der Waals surface area contributed by atoms with Crippen molar-refractivity contribution in [3.05, 3.63) is 76.8 Å². The summed E-state index contributed by atoms with van der Waals surface area (Å²) in [5, 5.41) is 3.43. The summed E-state index contributed by atoms with van der Waals surface area (Å²) in [5.74, 6) is -0.0972. The molecule has 0 spiro atoms. The number of nitrogens with one attached hydrogen (secondary N) is 1. The largest absolute Gasteiger partial charge is 0.321 e. The van der Waals surface area contributed by atoms with E-state index in [2.05, 4.69) is 5.32 Å². The first-order valence-electron chi connectivity index (χ1n) is 6.29. The van der Waals surface area contributed by atoms with Crippen LogP contribution in [0.3, 0.4) is 0 Å². The van der Waals surface area contributed by atoms with Crippen molar-refractivity contribution < 1.29 is 4.79 Å². The summed E-state index contributed by atoms with van der Waals surface area (Å²) in [6.07, 6.45) is 5.67. The first kappa shape index (κ1) is 12.7. The Morgan fingerprint density at radius 3 is 2.65 bits per heavy atom. The number of carbonyl (C=O) groups is 1. The minimum absolute atomic E-state index is 0.0972. The number of amides is 1. The van der Waals surface area contributed by atoms with E-state index in [0.29, 0.717) is 10.6 Å². The Hall–Kier alpha value is -2.32. The van der Waals surface area contributed by atoms with Crippen LogP contribution in [0.15, 0.2) is 60.7 Å². The van der Waals surface area contributed by atoms with Gasteiger partial charge in [0.25, 0.3) is 5.91 Å². The van der Waals surface area contributed by atoms with Gasteiger partial charge in [0.05, 0.1) is 5.69 Å². The van der Waals surface area contributed by atoms with Gasteiger partial charge < -0.3 is 5.32 Å². The van der Waals surface area contributed by atoms with Gasteiger partial charge in [-0.15, -0.1) is 0 Å². The van der Waals surface area contributed by atoms with Gasteiger partial charge in [-0.05, 0) is 23.8 Å². The molecule has 2 nitrogen and oxygen atoms in total. The lowest BCUT2D eigenvalue weighted by atomic mass is 10.1. The molecule has 0 aromatic heterocycles. The lowest BCUT2D eigenvalue weighted by Crippen LogP contribution is -2.03. The minimum Gasteiger partial charge on any atom is -0.321 e. The lowest BCUT2D eigenvalue weighted by Gasteiger charge is -1.97. The molecule has 1 heterocycles. The third-order valence-electron chi connectivity index (χ3n) is 3.12. The molecule has 0 unspecified atom stereocenters. The van der Waals surface area contributed by atoms with Crippen molar-refractivity contribution in [2.45, 2.75) is 0 Å². The molecule has 3 rings (SSSR count). The zero-order valence-corrected chi connectivity index (χ0v) is 11.4. The number of rotatable bonds is 2. The van der Waals surface area contributed by atoms with Crippen molar-refractivity contribution in [1.29, 1.82) is 0 Å². The fraction of sp³-hybridized carbons (Fsp3) is 0. The van der Waals surface area contributed by atoms with E-state index in [0.717, 1.165) is 16.8 Å². The molecule has 0 saturated heterocycles. The molecule has 3 heteroatoms. The van der Waals surface area contributed by atoms with Gasteiger partial charge in [0, 0.05) is 16.2 Å². The van der Waals surface area contributed by atoms with Gasteiger partial charge in [0.2, 0.25) is 0 Å². The van der Waals surface area contributed by atoms with Gasteiger partial charge in [-0.3, -0.25) is 4.79 Å². The van der Waals surface area contributed by atoms with E-state index in [-0.39, 0.29) is 5.91 Å². The molecular formula is C17H12ClNO. The number of hydrogen-bond acceptors (Lipinski definition) is 1. The molecular weight excluding hydrogens is 270 g/mol. The molecule has 1 aliphatic rings. The second-order valence-electron chi connectivity index (χ2n) is 4.49. The second-order valence-corrected chi connectivity index (χ2v) is 4.93. The molecule has 1 amide bonds. The van der Waals surface area contributed by atoms with Gasteiger partial charge in [-0.25, -0.2) is 0 Å². The first-order chi connectivity index (χ1) is 9.74. The topological polar surface area (TPSA) is 29.1 Å². The normalized spacial score (nSPS) is 15.7. The third-order valence-corrected chi connectivity index (χ3v) is 3.35. The Kier molecular flexibility index (Phi) is 3.40. The van der Waals surface area contributed by atoms with Crippen LogP contribution in [0.1, 0.15) is 11.1 Å². The number of anilines is 1. The smallest absolute Gasteiger partial charge is 0.256 e. The molecule has 2 aromatic carbocycles. The highest BCUT2D eigenvalue weighted by atomic mass is 35.5. The highest BCUT2D eigenvalue weighted by molar-refractivity contribution is 6.34. The van der Waals surface area contributed by atoms with E-state index in [4.69, 9.17) is 11.6 Å². The molecule has 20 heavy (non-hydrogen) atoms. The van der Waals surface area contributed by atoms with Crippen LogP contribution in [0.25, 0.3) is 11.6 Å². The summed E-state index contributed by atoms with van der Waals surface area (Å²) in [6, 6.07) is 15.4. The van der Waals surface area contributed by atoms with Gasteiger partial charge in [0.15, 0.2) is 0 Å². The Balaban J connectivity index is 1.90. The maximum Gasteiger partial charge on any atom is 0.256 e. The predicted octanol–water partition coefficient (Wildman–Crippen LogP) is 4.39. The summed E-state index contributed by atoms with van der Waals surface area (Å²) in [5.41, 5.74) is 3.40. The molecule has 0 radical (unpaired) electrons. The summed E-state index contributed by atoms with van der Waals surface area (Å²) in [7, 11) is 0. The molecule has 0 bridgehead atoms. The van der Waals surface area contributed by atoms with Crippen molar-refractivity contribution >= 4 is 34.8 Å². The Morgan fingerprint density at radius 1 is 1.05 bits per heavy atom. The lowest BCUT2D eigenvalue weighted by molar-refractivity contribution is -0.110. The quantitative estimate of drug-likeness (QED) is 0.813. The van der Waals surface area contributed by atoms with Gasteiger partial charge in [-0.2, -0.15) is 0 Å². The summed E-state index contributed by atoms with van der Waals surface area (Å²) < 4.78 is 0. The van der Waals surface area contributed by atoms with E-state index < -0.39 is 0 Å². The molecule has 0 aliphatic carbocycles. The van der Waals surface area contributed by atoms with Crippen LogP contribution in [-0.4, -0.2) is 5.91 Å². The zero-order chi connectivity index (χ0) is 13.9. The maximum atomic E-state index is 11.9. The van der Waals surface area contributed by atoms with E-state index in [9.17, 15) is 4.79 Å². The maximum absolute atomic E-state index is 11.9. The molecule has 1 aliphatic heterocycles. The summed E-state index contributed by atoms with van der Waals surface area (Å²) in [6.45, 7) is 0. The predicted molar refractivity (Wildman–Crippen MR) is 83.5 cm³/mol. The van der Waals surface area contributed by atoms with Gasteiger partial charge in [-0.1, -0.05) is 60.2 Å². The third kappa shape index (κ3) is 2.51. The van der Waals surface area contributed by atoms with Crippen LogP contribution in [0, 0.1) is 0 Å². The molecule has 2 aromatic rings. The molecule has 1 N–H and O–H groups in total. The van der Waals surface area contributed by atoms with E-state index in [1.54, 1.807) is 12.1 Å². The Labute approximate surface area is 122 Å². The Morgan fingerprint density at radius 2 is 1.85 bits per heavy atom. The van der Waals surface area contributed by atoms with Crippen LogP contribution in [0.2, 0.25) is 5.02 Å². The van der Waals surface area contributed by atoms with E-state index in [1.165, 1.54) is 0 Å². The van der Waals surface area contributed by atoms with Gasteiger partial charge in [0.1, 0.15) is 0 Å². The van der Waals surface area contributed by atoms with Crippen LogP contribution in [0.5, 0.6) is 0 Å². The van der Waals surface area contributed by atoms with E-state index >= 15 is 0 Å². The zero-order valence-electron chi connectivity index (χ0n) is 10.6. The molecule has 0 saturated carbocycles. The van der Waals surface area contributed by atoms with Gasteiger partial charge >= 0.3 is 0 Å². The van der Waals surface area contributed by atoms with Crippen LogP contribution < -0.4 is 5.32 Å². The molecule has 0 fully saturated rings. The molecule has 0 atom stereocenters. The number of benzene rings is 2. The summed E-state index contributed by atoms with van der Waals surface area (Å²) in [4.78, 5) is 11.9. The highest BCUT2D eigenvalue weighted by Gasteiger charge is 2.23. The number of halogens is 1. The standard InChI is InChI=1S/C17H12ClNO/c18-13-9-10-14-15(17(20)19-16(14)11-13)8-4-7-12-5-2-1-3-6-12/h1-11H,(H,19,20). The Bertz CT molecular complexity index is 717. The number of hydrogen-bond donors (Lipinski definition) is 1. The van der Waals surface area contributed by atoms with Crippen molar-refractivity contribution in [2.24, 2.45) is 0 Å². The van der Waals surface area contributed by atoms with E-state index in [1.807, 2.05) is 54.6 Å². The molecule has 98 valence electrons. The minimum atomic E-state index is -0.0972. The van der Waals surface area contributed by atoms with Crippen LogP contribution in [-0.2, 0) is 4.79 Å². The van der Waals surface area contributed by atoms with Crippen molar-refractivity contribution in [3.8, 4) is 0 Å². The van der Waals surface area contributed by atoms with Crippen LogP contribution in [0.4, 0.5) is 5.69 Å². The average molecular weight is 282 g/mol. The SMILES string of the molecule is O=C1Nc2cc(Cl)ccc2C1=CC=Cc1ccccc1. The number of allylic oxidation sites excluding steroid dienone is 2. The number of carbonyl (C=O) groups excluding carboxylic acids is 1.